The Labute approximate surface area is 103 Å². The quantitative estimate of drug-likeness (QED) is 0.848. The van der Waals surface area contributed by atoms with Gasteiger partial charge in [0.25, 0.3) is 0 Å². The Morgan fingerprint density at radius 1 is 1.24 bits per heavy atom. The van der Waals surface area contributed by atoms with E-state index >= 15 is 0 Å². The van der Waals surface area contributed by atoms with Crippen LogP contribution >= 0.6 is 0 Å². The number of nitriles is 1. The van der Waals surface area contributed by atoms with E-state index in [1.165, 1.54) is 11.1 Å². The molecule has 0 aliphatic heterocycles. The topological polar surface area (TPSA) is 45.0 Å². The molecule has 1 aromatic rings. The summed E-state index contributed by atoms with van der Waals surface area (Å²) in [5.41, 5.74) is 3.65. The molecular weight excluding hydrogens is 212 g/mol. The van der Waals surface area contributed by atoms with Crippen LogP contribution in [0.3, 0.4) is 0 Å². The highest BCUT2D eigenvalue weighted by Gasteiger charge is 2.06. The maximum atomic E-state index is 8.79. The van der Waals surface area contributed by atoms with Crippen LogP contribution in [0.15, 0.2) is 12.1 Å². The molecule has 1 N–H and O–H groups in total. The summed E-state index contributed by atoms with van der Waals surface area (Å²) in [4.78, 5) is 0. The Morgan fingerprint density at radius 3 is 2.47 bits per heavy atom. The Bertz CT molecular complexity index is 421. The van der Waals surface area contributed by atoms with E-state index < -0.39 is 0 Å². The van der Waals surface area contributed by atoms with Crippen LogP contribution in [0.5, 0.6) is 5.75 Å². The third-order valence-corrected chi connectivity index (χ3v) is 2.96. The highest BCUT2D eigenvalue weighted by atomic mass is 16.5. The van der Waals surface area contributed by atoms with Gasteiger partial charge in [0.2, 0.25) is 0 Å². The number of hydrogen-bond acceptors (Lipinski definition) is 3. The molecule has 1 atom stereocenters. The van der Waals surface area contributed by atoms with E-state index in [1.54, 1.807) is 7.05 Å². The largest absolute Gasteiger partial charge is 0.493 e. The molecule has 0 aliphatic carbocycles. The molecule has 0 saturated heterocycles. The summed E-state index contributed by atoms with van der Waals surface area (Å²) in [6, 6.07) is 6.24. The third kappa shape index (κ3) is 3.76. The first-order valence-electron chi connectivity index (χ1n) is 5.86. The maximum absolute atomic E-state index is 8.79. The molecular formula is C14H20N2O. The maximum Gasteiger partial charge on any atom is 0.122 e. The van der Waals surface area contributed by atoms with Gasteiger partial charge in [0.05, 0.1) is 18.7 Å². The number of nitrogens with one attached hydrogen (secondary N) is 1. The summed E-state index contributed by atoms with van der Waals surface area (Å²) in [7, 11) is 1.79. The van der Waals surface area contributed by atoms with Crippen molar-refractivity contribution in [2.24, 2.45) is 0 Å². The Balaban J connectivity index is 2.58. The molecule has 1 rings (SSSR count). The Hall–Kier alpha value is -1.53. The van der Waals surface area contributed by atoms with Crippen LogP contribution in [-0.2, 0) is 0 Å². The predicted molar refractivity (Wildman–Crippen MR) is 69.2 cm³/mol. The standard InChI is InChI=1S/C14H20N2O/c1-10-7-12(3)14(8-11(10)2)17-6-5-13(9-15)16-4/h7-8,13,16H,5-6H2,1-4H3. The van der Waals surface area contributed by atoms with Crippen molar-refractivity contribution in [1.82, 2.24) is 5.32 Å². The first-order valence-corrected chi connectivity index (χ1v) is 5.86. The molecule has 0 aliphatic rings. The zero-order valence-electron chi connectivity index (χ0n) is 11.0. The van der Waals surface area contributed by atoms with Gasteiger partial charge in [-0.3, -0.25) is 0 Å². The lowest BCUT2D eigenvalue weighted by Gasteiger charge is -2.13. The number of aryl methyl sites for hydroxylation is 3. The van der Waals surface area contributed by atoms with Crippen molar-refractivity contribution in [2.45, 2.75) is 33.2 Å². The van der Waals surface area contributed by atoms with Crippen molar-refractivity contribution < 1.29 is 4.74 Å². The molecule has 3 nitrogen and oxygen atoms in total. The second-order valence-electron chi connectivity index (χ2n) is 4.31. The molecule has 0 spiro atoms. The van der Waals surface area contributed by atoms with Gasteiger partial charge in [-0.2, -0.15) is 5.26 Å². The van der Waals surface area contributed by atoms with Crippen LogP contribution in [0, 0.1) is 32.1 Å². The summed E-state index contributed by atoms with van der Waals surface area (Å²) >= 11 is 0. The lowest BCUT2D eigenvalue weighted by molar-refractivity contribution is 0.298. The van der Waals surface area contributed by atoms with Gasteiger partial charge in [0.1, 0.15) is 5.75 Å². The molecule has 17 heavy (non-hydrogen) atoms. The smallest absolute Gasteiger partial charge is 0.122 e. The fraction of sp³-hybridized carbons (Fsp3) is 0.500. The Kier molecular flexibility index (Phi) is 4.99. The zero-order chi connectivity index (χ0) is 12.8. The second kappa shape index (κ2) is 6.27. The summed E-state index contributed by atoms with van der Waals surface area (Å²) in [5, 5.41) is 11.7. The molecule has 0 saturated carbocycles. The van der Waals surface area contributed by atoms with Gasteiger partial charge in [0.15, 0.2) is 0 Å². The second-order valence-corrected chi connectivity index (χ2v) is 4.31. The molecule has 1 unspecified atom stereocenters. The highest BCUT2D eigenvalue weighted by molar-refractivity contribution is 5.40. The summed E-state index contributed by atoms with van der Waals surface area (Å²) in [6.07, 6.45) is 0.694. The fourth-order valence-electron chi connectivity index (χ4n) is 1.65. The summed E-state index contributed by atoms with van der Waals surface area (Å²) in [5.74, 6) is 0.917. The molecule has 0 fully saturated rings. The molecule has 92 valence electrons. The fourth-order valence-corrected chi connectivity index (χ4v) is 1.65. The van der Waals surface area contributed by atoms with E-state index in [-0.39, 0.29) is 6.04 Å². The number of ether oxygens (including phenoxy) is 1. The number of nitrogens with zero attached hydrogens (tertiary/aromatic N) is 1. The molecule has 0 aromatic heterocycles. The molecule has 0 bridgehead atoms. The van der Waals surface area contributed by atoms with E-state index in [0.29, 0.717) is 13.0 Å². The average molecular weight is 232 g/mol. The molecule has 0 radical (unpaired) electrons. The van der Waals surface area contributed by atoms with Crippen molar-refractivity contribution >= 4 is 0 Å². The number of hydrogen-bond donors (Lipinski definition) is 1. The first kappa shape index (κ1) is 13.5. The van der Waals surface area contributed by atoms with Crippen LogP contribution in [0.4, 0.5) is 0 Å². The van der Waals surface area contributed by atoms with Crippen LogP contribution in [0.2, 0.25) is 0 Å². The van der Waals surface area contributed by atoms with E-state index in [1.807, 2.05) is 6.92 Å². The minimum absolute atomic E-state index is 0.137. The normalized spacial score (nSPS) is 11.9. The van der Waals surface area contributed by atoms with Crippen LogP contribution in [-0.4, -0.2) is 19.7 Å². The van der Waals surface area contributed by atoms with Gasteiger partial charge in [-0.1, -0.05) is 6.07 Å². The monoisotopic (exact) mass is 232 g/mol. The zero-order valence-corrected chi connectivity index (χ0v) is 11.0. The third-order valence-electron chi connectivity index (χ3n) is 2.96. The van der Waals surface area contributed by atoms with Gasteiger partial charge in [-0.25, -0.2) is 0 Å². The van der Waals surface area contributed by atoms with E-state index in [0.717, 1.165) is 11.3 Å². The minimum atomic E-state index is -0.137. The molecule has 3 heteroatoms. The van der Waals surface area contributed by atoms with Crippen molar-refractivity contribution in [3.8, 4) is 11.8 Å². The van der Waals surface area contributed by atoms with Crippen molar-refractivity contribution in [1.29, 1.82) is 5.26 Å². The van der Waals surface area contributed by atoms with Crippen LogP contribution in [0.25, 0.3) is 0 Å². The van der Waals surface area contributed by atoms with E-state index in [4.69, 9.17) is 10.00 Å². The first-order chi connectivity index (χ1) is 8.08. The number of rotatable bonds is 5. The van der Waals surface area contributed by atoms with Crippen molar-refractivity contribution in [3.05, 3.63) is 28.8 Å². The Morgan fingerprint density at radius 2 is 1.88 bits per heavy atom. The summed E-state index contributed by atoms with van der Waals surface area (Å²) < 4.78 is 5.72. The SMILES string of the molecule is CNC(C#N)CCOc1cc(C)c(C)cc1C. The molecule has 0 amide bonds. The highest BCUT2D eigenvalue weighted by Crippen LogP contribution is 2.22. The van der Waals surface area contributed by atoms with Crippen molar-refractivity contribution in [3.63, 3.8) is 0 Å². The van der Waals surface area contributed by atoms with Crippen molar-refractivity contribution in [2.75, 3.05) is 13.7 Å². The number of benzene rings is 1. The van der Waals surface area contributed by atoms with Crippen LogP contribution < -0.4 is 10.1 Å². The van der Waals surface area contributed by atoms with Gasteiger partial charge in [-0.05, 0) is 50.6 Å². The lowest BCUT2D eigenvalue weighted by atomic mass is 10.1. The molecule has 1 aromatic carbocycles. The lowest BCUT2D eigenvalue weighted by Crippen LogP contribution is -2.25. The van der Waals surface area contributed by atoms with E-state index in [9.17, 15) is 0 Å². The van der Waals surface area contributed by atoms with Gasteiger partial charge in [-0.15, -0.1) is 0 Å². The minimum Gasteiger partial charge on any atom is -0.493 e. The van der Waals surface area contributed by atoms with E-state index in [2.05, 4.69) is 37.4 Å². The summed E-state index contributed by atoms with van der Waals surface area (Å²) in [6.45, 7) is 6.77. The van der Waals surface area contributed by atoms with Gasteiger partial charge in [0, 0.05) is 6.42 Å². The molecule has 0 heterocycles. The van der Waals surface area contributed by atoms with Gasteiger partial charge >= 0.3 is 0 Å². The predicted octanol–water partition coefficient (Wildman–Crippen LogP) is 2.49. The van der Waals surface area contributed by atoms with Crippen LogP contribution in [0.1, 0.15) is 23.1 Å². The van der Waals surface area contributed by atoms with Gasteiger partial charge < -0.3 is 10.1 Å². The average Bonchev–Trinajstić information content (AvgIpc) is 2.31.